The molecule has 0 saturated carbocycles. The fourth-order valence-electron chi connectivity index (χ4n) is 2.42. The average molecular weight is 271 g/mol. The summed E-state index contributed by atoms with van der Waals surface area (Å²) < 4.78 is 10.8. The van der Waals surface area contributed by atoms with E-state index < -0.39 is 0 Å². The molecule has 1 saturated heterocycles. The monoisotopic (exact) mass is 271 g/mol. The number of ether oxygens (including phenoxy) is 2. The average Bonchev–Trinajstić information content (AvgIpc) is 2.51. The molecular formula is C16H17NO3. The Bertz CT molecular complexity index is 633. The SMILES string of the molecule is Cc1c(OC(=O)N2CCOCC2)ccc2ccccc12. The quantitative estimate of drug-likeness (QED) is 0.800. The third-order valence-corrected chi connectivity index (χ3v) is 3.62. The Morgan fingerprint density at radius 3 is 2.70 bits per heavy atom. The highest BCUT2D eigenvalue weighted by Gasteiger charge is 2.19. The molecule has 0 radical (unpaired) electrons. The van der Waals surface area contributed by atoms with Gasteiger partial charge >= 0.3 is 6.09 Å². The Morgan fingerprint density at radius 1 is 1.15 bits per heavy atom. The van der Waals surface area contributed by atoms with Gasteiger partial charge in [0.05, 0.1) is 13.2 Å². The lowest BCUT2D eigenvalue weighted by atomic mass is 10.1. The Kier molecular flexibility index (Phi) is 3.56. The first kappa shape index (κ1) is 12.9. The Balaban J connectivity index is 1.83. The number of carbonyl (C=O) groups is 1. The standard InChI is InChI=1S/C16H17NO3/c1-12-14-5-3-2-4-13(14)6-7-15(12)20-16(18)17-8-10-19-11-9-17/h2-7H,8-11H2,1H3. The van der Waals surface area contributed by atoms with E-state index in [2.05, 4.69) is 6.07 Å². The molecule has 2 aromatic carbocycles. The molecule has 0 unspecified atom stereocenters. The fourth-order valence-corrected chi connectivity index (χ4v) is 2.42. The summed E-state index contributed by atoms with van der Waals surface area (Å²) in [4.78, 5) is 13.8. The molecule has 0 atom stereocenters. The van der Waals surface area contributed by atoms with E-state index in [1.54, 1.807) is 4.90 Å². The second-order valence-electron chi connectivity index (χ2n) is 4.88. The number of carbonyl (C=O) groups excluding carboxylic acids is 1. The second kappa shape index (κ2) is 5.51. The van der Waals surface area contributed by atoms with Gasteiger partial charge in [-0.05, 0) is 29.3 Å². The molecule has 1 amide bonds. The van der Waals surface area contributed by atoms with Crippen molar-refractivity contribution < 1.29 is 14.3 Å². The Hall–Kier alpha value is -2.07. The smallest absolute Gasteiger partial charge is 0.410 e. The largest absolute Gasteiger partial charge is 0.415 e. The highest BCUT2D eigenvalue weighted by molar-refractivity contribution is 5.88. The first-order chi connectivity index (χ1) is 9.75. The minimum atomic E-state index is -0.299. The number of rotatable bonds is 1. The minimum absolute atomic E-state index is 0.299. The van der Waals surface area contributed by atoms with Crippen LogP contribution in [-0.2, 0) is 4.74 Å². The van der Waals surface area contributed by atoms with Crippen molar-refractivity contribution in [2.24, 2.45) is 0 Å². The van der Waals surface area contributed by atoms with Gasteiger partial charge in [0, 0.05) is 13.1 Å². The normalized spacial score (nSPS) is 15.3. The zero-order valence-electron chi connectivity index (χ0n) is 11.5. The number of morpholine rings is 1. The highest BCUT2D eigenvalue weighted by atomic mass is 16.6. The van der Waals surface area contributed by atoms with Gasteiger partial charge in [0.2, 0.25) is 0 Å². The van der Waals surface area contributed by atoms with Crippen molar-refractivity contribution in [2.75, 3.05) is 26.3 Å². The summed E-state index contributed by atoms with van der Waals surface area (Å²) in [5.74, 6) is 0.625. The molecule has 1 aliphatic rings. The summed E-state index contributed by atoms with van der Waals surface area (Å²) in [6.07, 6.45) is -0.299. The van der Waals surface area contributed by atoms with Crippen molar-refractivity contribution in [1.29, 1.82) is 0 Å². The van der Waals surface area contributed by atoms with Crippen LogP contribution < -0.4 is 4.74 Å². The number of benzene rings is 2. The van der Waals surface area contributed by atoms with Crippen LogP contribution in [-0.4, -0.2) is 37.3 Å². The van der Waals surface area contributed by atoms with E-state index in [0.717, 1.165) is 16.3 Å². The maximum atomic E-state index is 12.1. The molecule has 0 N–H and O–H groups in total. The van der Waals surface area contributed by atoms with Crippen molar-refractivity contribution in [3.05, 3.63) is 42.0 Å². The lowest BCUT2D eigenvalue weighted by molar-refractivity contribution is 0.0415. The molecule has 0 aliphatic carbocycles. The van der Waals surface area contributed by atoms with Crippen molar-refractivity contribution in [1.82, 2.24) is 4.90 Å². The number of amides is 1. The highest BCUT2D eigenvalue weighted by Crippen LogP contribution is 2.27. The Labute approximate surface area is 117 Å². The van der Waals surface area contributed by atoms with Crippen molar-refractivity contribution in [3.8, 4) is 5.75 Å². The van der Waals surface area contributed by atoms with Crippen LogP contribution >= 0.6 is 0 Å². The maximum Gasteiger partial charge on any atom is 0.415 e. The summed E-state index contributed by atoms with van der Waals surface area (Å²) >= 11 is 0. The fraction of sp³-hybridized carbons (Fsp3) is 0.312. The summed E-state index contributed by atoms with van der Waals surface area (Å²) in [6, 6.07) is 11.9. The second-order valence-corrected chi connectivity index (χ2v) is 4.88. The van der Waals surface area contributed by atoms with Crippen molar-refractivity contribution in [2.45, 2.75) is 6.92 Å². The van der Waals surface area contributed by atoms with Crippen LogP contribution in [0.15, 0.2) is 36.4 Å². The summed E-state index contributed by atoms with van der Waals surface area (Å²) in [6.45, 7) is 4.30. The van der Waals surface area contributed by atoms with Gasteiger partial charge in [-0.1, -0.05) is 30.3 Å². The summed E-state index contributed by atoms with van der Waals surface area (Å²) in [5.41, 5.74) is 0.990. The number of aryl methyl sites for hydroxylation is 1. The lowest BCUT2D eigenvalue weighted by Gasteiger charge is -2.26. The van der Waals surface area contributed by atoms with Crippen LogP contribution in [0.3, 0.4) is 0 Å². The van der Waals surface area contributed by atoms with Crippen LogP contribution in [0.4, 0.5) is 4.79 Å². The predicted octanol–water partition coefficient (Wildman–Crippen LogP) is 2.98. The van der Waals surface area contributed by atoms with Gasteiger partial charge in [0.1, 0.15) is 5.75 Å². The van der Waals surface area contributed by atoms with Gasteiger partial charge in [-0.2, -0.15) is 0 Å². The van der Waals surface area contributed by atoms with E-state index in [1.165, 1.54) is 0 Å². The summed E-state index contributed by atoms with van der Waals surface area (Å²) in [7, 11) is 0. The molecule has 1 aliphatic heterocycles. The van der Waals surface area contributed by atoms with E-state index in [9.17, 15) is 4.79 Å². The minimum Gasteiger partial charge on any atom is -0.410 e. The third-order valence-electron chi connectivity index (χ3n) is 3.62. The molecule has 1 heterocycles. The van der Waals surface area contributed by atoms with Gasteiger partial charge in [-0.15, -0.1) is 0 Å². The zero-order chi connectivity index (χ0) is 13.9. The number of hydrogen-bond acceptors (Lipinski definition) is 3. The van der Waals surface area contributed by atoms with E-state index in [1.807, 2.05) is 37.3 Å². The van der Waals surface area contributed by atoms with E-state index in [-0.39, 0.29) is 6.09 Å². The lowest BCUT2D eigenvalue weighted by Crippen LogP contribution is -2.42. The predicted molar refractivity (Wildman–Crippen MR) is 77.1 cm³/mol. The van der Waals surface area contributed by atoms with Crippen LogP contribution in [0.25, 0.3) is 10.8 Å². The third kappa shape index (κ3) is 2.47. The molecule has 104 valence electrons. The molecule has 0 bridgehead atoms. The molecule has 0 aromatic heterocycles. The Morgan fingerprint density at radius 2 is 1.90 bits per heavy atom. The van der Waals surface area contributed by atoms with Crippen molar-refractivity contribution in [3.63, 3.8) is 0 Å². The van der Waals surface area contributed by atoms with E-state index >= 15 is 0 Å². The van der Waals surface area contributed by atoms with Gasteiger partial charge in [-0.3, -0.25) is 0 Å². The number of hydrogen-bond donors (Lipinski definition) is 0. The molecule has 0 spiro atoms. The first-order valence-corrected chi connectivity index (χ1v) is 6.78. The van der Waals surface area contributed by atoms with Crippen LogP contribution in [0.2, 0.25) is 0 Å². The van der Waals surface area contributed by atoms with Crippen LogP contribution in [0.1, 0.15) is 5.56 Å². The van der Waals surface area contributed by atoms with Gasteiger partial charge < -0.3 is 14.4 Å². The first-order valence-electron chi connectivity index (χ1n) is 6.78. The van der Waals surface area contributed by atoms with E-state index in [4.69, 9.17) is 9.47 Å². The molecular weight excluding hydrogens is 254 g/mol. The van der Waals surface area contributed by atoms with Gasteiger partial charge in [-0.25, -0.2) is 4.79 Å². The molecule has 3 rings (SSSR count). The number of fused-ring (bicyclic) bond motifs is 1. The zero-order valence-corrected chi connectivity index (χ0v) is 11.5. The molecule has 2 aromatic rings. The topological polar surface area (TPSA) is 38.8 Å². The summed E-state index contributed by atoms with van der Waals surface area (Å²) in [5, 5.41) is 2.26. The number of nitrogens with zero attached hydrogens (tertiary/aromatic N) is 1. The van der Waals surface area contributed by atoms with Gasteiger partial charge in [0.25, 0.3) is 0 Å². The van der Waals surface area contributed by atoms with Crippen LogP contribution in [0.5, 0.6) is 5.75 Å². The van der Waals surface area contributed by atoms with Crippen LogP contribution in [0, 0.1) is 6.92 Å². The van der Waals surface area contributed by atoms with Gasteiger partial charge in [0.15, 0.2) is 0 Å². The molecule has 4 heteroatoms. The molecule has 4 nitrogen and oxygen atoms in total. The molecule has 20 heavy (non-hydrogen) atoms. The van der Waals surface area contributed by atoms with Crippen molar-refractivity contribution >= 4 is 16.9 Å². The molecule has 1 fully saturated rings. The van der Waals surface area contributed by atoms with E-state index in [0.29, 0.717) is 32.1 Å². The maximum absolute atomic E-state index is 12.1.